The lowest BCUT2D eigenvalue weighted by atomic mass is 9.96. The van der Waals surface area contributed by atoms with Gasteiger partial charge >= 0.3 is 0 Å². The van der Waals surface area contributed by atoms with Crippen LogP contribution in [0.5, 0.6) is 0 Å². The number of aromatic nitrogens is 2. The van der Waals surface area contributed by atoms with Gasteiger partial charge in [0.2, 0.25) is 5.91 Å². The predicted octanol–water partition coefficient (Wildman–Crippen LogP) is 2.69. The van der Waals surface area contributed by atoms with Crippen LogP contribution in [-0.4, -0.2) is 34.8 Å². The summed E-state index contributed by atoms with van der Waals surface area (Å²) in [6, 6.07) is 9.77. The van der Waals surface area contributed by atoms with Gasteiger partial charge in [0.25, 0.3) is 5.56 Å². The van der Waals surface area contributed by atoms with E-state index < -0.39 is 0 Å². The molecule has 1 aliphatic heterocycles. The SMILES string of the molecule is CC(C)NC(=O)[C@H]1CCCN(c2cnn(Cc3ccccc3)c(=O)c2Cl)C1. The number of carbonyl (C=O) groups is 1. The molecule has 1 amide bonds. The van der Waals surface area contributed by atoms with Crippen LogP contribution in [0, 0.1) is 5.92 Å². The van der Waals surface area contributed by atoms with Gasteiger partial charge in [-0.1, -0.05) is 41.9 Å². The highest BCUT2D eigenvalue weighted by Gasteiger charge is 2.28. The highest BCUT2D eigenvalue weighted by molar-refractivity contribution is 6.33. The second-order valence-corrected chi connectivity index (χ2v) is 7.62. The van der Waals surface area contributed by atoms with Gasteiger partial charge in [-0.05, 0) is 32.3 Å². The summed E-state index contributed by atoms with van der Waals surface area (Å²) < 4.78 is 1.37. The third-order valence-corrected chi connectivity index (χ3v) is 5.06. The second kappa shape index (κ2) is 8.57. The van der Waals surface area contributed by atoms with Crippen molar-refractivity contribution in [1.29, 1.82) is 0 Å². The van der Waals surface area contributed by atoms with Crippen LogP contribution in [0.25, 0.3) is 0 Å². The molecule has 1 N–H and O–H groups in total. The van der Waals surface area contributed by atoms with Crippen LogP contribution < -0.4 is 15.8 Å². The molecule has 6 nitrogen and oxygen atoms in total. The van der Waals surface area contributed by atoms with Crippen molar-refractivity contribution in [3.8, 4) is 0 Å². The molecular weight excluding hydrogens is 364 g/mol. The molecule has 1 saturated heterocycles. The normalized spacial score (nSPS) is 17.2. The smallest absolute Gasteiger partial charge is 0.287 e. The maximum atomic E-state index is 12.7. The first-order valence-electron chi connectivity index (χ1n) is 9.30. The molecule has 0 aliphatic carbocycles. The van der Waals surface area contributed by atoms with Gasteiger partial charge in [0.05, 0.1) is 24.3 Å². The predicted molar refractivity (Wildman–Crippen MR) is 107 cm³/mol. The lowest BCUT2D eigenvalue weighted by Gasteiger charge is -2.34. The van der Waals surface area contributed by atoms with Crippen LogP contribution in [0.15, 0.2) is 41.3 Å². The maximum absolute atomic E-state index is 12.7. The third kappa shape index (κ3) is 4.69. The second-order valence-electron chi connectivity index (χ2n) is 7.24. The van der Waals surface area contributed by atoms with Crippen LogP contribution in [0.2, 0.25) is 5.02 Å². The van der Waals surface area contributed by atoms with Crippen molar-refractivity contribution >= 4 is 23.2 Å². The first kappa shape index (κ1) is 19.4. The number of nitrogens with zero attached hydrogens (tertiary/aromatic N) is 3. The van der Waals surface area contributed by atoms with Crippen molar-refractivity contribution in [3.05, 3.63) is 57.5 Å². The van der Waals surface area contributed by atoms with E-state index in [-0.39, 0.29) is 28.4 Å². The van der Waals surface area contributed by atoms with E-state index in [1.165, 1.54) is 4.68 Å². The molecule has 0 unspecified atom stereocenters. The van der Waals surface area contributed by atoms with Crippen LogP contribution in [0.3, 0.4) is 0 Å². The highest BCUT2D eigenvalue weighted by Crippen LogP contribution is 2.27. The van der Waals surface area contributed by atoms with Gasteiger partial charge in [-0.25, -0.2) is 4.68 Å². The van der Waals surface area contributed by atoms with E-state index in [0.717, 1.165) is 24.9 Å². The van der Waals surface area contributed by atoms with Gasteiger partial charge in [-0.3, -0.25) is 9.59 Å². The number of amides is 1. The van der Waals surface area contributed by atoms with Gasteiger partial charge in [0.1, 0.15) is 5.02 Å². The minimum atomic E-state index is -0.313. The Hall–Kier alpha value is -2.34. The highest BCUT2D eigenvalue weighted by atomic mass is 35.5. The van der Waals surface area contributed by atoms with Crippen LogP contribution in [-0.2, 0) is 11.3 Å². The summed E-state index contributed by atoms with van der Waals surface area (Å²) in [6.45, 7) is 5.58. The molecule has 1 aliphatic rings. The molecule has 0 bridgehead atoms. The lowest BCUT2D eigenvalue weighted by molar-refractivity contribution is -0.125. The van der Waals surface area contributed by atoms with E-state index in [1.54, 1.807) is 6.20 Å². The summed E-state index contributed by atoms with van der Waals surface area (Å²) >= 11 is 6.39. The van der Waals surface area contributed by atoms with E-state index in [9.17, 15) is 9.59 Å². The monoisotopic (exact) mass is 388 g/mol. The molecule has 1 fully saturated rings. The molecule has 1 aromatic heterocycles. The van der Waals surface area contributed by atoms with Gasteiger partial charge in [0.15, 0.2) is 0 Å². The van der Waals surface area contributed by atoms with Crippen LogP contribution in [0.4, 0.5) is 5.69 Å². The van der Waals surface area contributed by atoms with Crippen molar-refractivity contribution < 1.29 is 4.79 Å². The van der Waals surface area contributed by atoms with E-state index in [2.05, 4.69) is 10.4 Å². The maximum Gasteiger partial charge on any atom is 0.287 e. The van der Waals surface area contributed by atoms with E-state index in [0.29, 0.717) is 18.8 Å². The fraction of sp³-hybridized carbons (Fsp3) is 0.450. The van der Waals surface area contributed by atoms with E-state index >= 15 is 0 Å². The van der Waals surface area contributed by atoms with Crippen molar-refractivity contribution in [1.82, 2.24) is 15.1 Å². The molecule has 0 spiro atoms. The first-order valence-corrected chi connectivity index (χ1v) is 9.68. The minimum absolute atomic E-state index is 0.0520. The molecule has 1 aromatic carbocycles. The molecule has 3 rings (SSSR count). The van der Waals surface area contributed by atoms with Gasteiger partial charge in [-0.15, -0.1) is 0 Å². The van der Waals surface area contributed by atoms with Gasteiger partial charge in [-0.2, -0.15) is 5.10 Å². The summed E-state index contributed by atoms with van der Waals surface area (Å²) in [5, 5.41) is 7.43. The van der Waals surface area contributed by atoms with Crippen molar-refractivity contribution in [3.63, 3.8) is 0 Å². The fourth-order valence-electron chi connectivity index (χ4n) is 3.36. The Bertz CT molecular complexity index is 851. The Labute approximate surface area is 164 Å². The molecule has 1 atom stereocenters. The number of halogens is 1. The topological polar surface area (TPSA) is 67.2 Å². The summed E-state index contributed by atoms with van der Waals surface area (Å²) in [4.78, 5) is 27.0. The van der Waals surface area contributed by atoms with Crippen LogP contribution >= 0.6 is 11.6 Å². The molecule has 2 aromatic rings. The fourth-order valence-corrected chi connectivity index (χ4v) is 3.62. The largest absolute Gasteiger partial charge is 0.368 e. The number of hydrogen-bond donors (Lipinski definition) is 1. The molecule has 144 valence electrons. The number of anilines is 1. The zero-order valence-electron chi connectivity index (χ0n) is 15.7. The first-order chi connectivity index (χ1) is 13.0. The summed E-state index contributed by atoms with van der Waals surface area (Å²) in [6.07, 6.45) is 3.35. The molecule has 27 heavy (non-hydrogen) atoms. The Morgan fingerprint density at radius 2 is 2.07 bits per heavy atom. The molecule has 0 radical (unpaired) electrons. The van der Waals surface area contributed by atoms with E-state index in [4.69, 9.17) is 11.6 Å². The van der Waals surface area contributed by atoms with Crippen molar-refractivity contribution in [2.24, 2.45) is 5.92 Å². The van der Waals surface area contributed by atoms with Gasteiger partial charge in [0, 0.05) is 19.1 Å². The summed E-state index contributed by atoms with van der Waals surface area (Å²) in [5.74, 6) is -0.0554. The lowest BCUT2D eigenvalue weighted by Crippen LogP contribution is -2.45. The number of hydrogen-bond acceptors (Lipinski definition) is 4. The Morgan fingerprint density at radius 1 is 1.33 bits per heavy atom. The van der Waals surface area contributed by atoms with Gasteiger partial charge < -0.3 is 10.2 Å². The zero-order chi connectivity index (χ0) is 19.4. The zero-order valence-corrected chi connectivity index (χ0v) is 16.4. The number of rotatable bonds is 5. The van der Waals surface area contributed by atoms with E-state index in [1.807, 2.05) is 49.1 Å². The average Bonchev–Trinajstić information content (AvgIpc) is 2.66. The Balaban J connectivity index is 1.77. The quantitative estimate of drug-likeness (QED) is 0.855. The summed E-state index contributed by atoms with van der Waals surface area (Å²) in [7, 11) is 0. The average molecular weight is 389 g/mol. The molecule has 2 heterocycles. The number of carbonyl (C=O) groups excluding carboxylic acids is 1. The van der Waals surface area contributed by atoms with Crippen molar-refractivity contribution in [2.45, 2.75) is 39.3 Å². The Morgan fingerprint density at radius 3 is 2.78 bits per heavy atom. The van der Waals surface area contributed by atoms with Crippen LogP contribution in [0.1, 0.15) is 32.3 Å². The minimum Gasteiger partial charge on any atom is -0.368 e. The molecule has 7 heteroatoms. The number of piperidine rings is 1. The Kier molecular flexibility index (Phi) is 6.16. The number of nitrogens with one attached hydrogen (secondary N) is 1. The standard InChI is InChI=1S/C20H25ClN4O2/c1-14(2)23-19(26)16-9-6-10-24(13-16)17-11-22-25(20(27)18(17)21)12-15-7-4-3-5-8-15/h3-5,7-8,11,14,16H,6,9-10,12-13H2,1-2H3,(H,23,26)/t16-/m0/s1. The summed E-state index contributed by atoms with van der Waals surface area (Å²) in [5.41, 5.74) is 1.28. The van der Waals surface area contributed by atoms with Crippen molar-refractivity contribution in [2.75, 3.05) is 18.0 Å². The molecular formula is C20H25ClN4O2. The third-order valence-electron chi connectivity index (χ3n) is 4.71. The molecule has 0 saturated carbocycles. The number of benzene rings is 1.